The van der Waals surface area contributed by atoms with Crippen LogP contribution in [0.1, 0.15) is 49.4 Å². The Bertz CT molecular complexity index is 400. The van der Waals surface area contributed by atoms with Crippen molar-refractivity contribution in [2.24, 2.45) is 5.73 Å². The van der Waals surface area contributed by atoms with Gasteiger partial charge in [0.05, 0.1) is 12.1 Å². The van der Waals surface area contributed by atoms with Crippen LogP contribution in [-0.4, -0.2) is 11.9 Å². The smallest absolute Gasteiger partial charge is 0.237 e. The van der Waals surface area contributed by atoms with Crippen molar-refractivity contribution in [2.45, 2.75) is 52.6 Å². The molecule has 19 heavy (non-hydrogen) atoms. The molecule has 0 saturated carbocycles. The third-order valence-electron chi connectivity index (χ3n) is 3.04. The van der Waals surface area contributed by atoms with Gasteiger partial charge in [-0.15, -0.1) is 12.4 Å². The van der Waals surface area contributed by atoms with Crippen LogP contribution in [-0.2, 0) is 4.79 Å². The molecule has 108 valence electrons. The molecule has 0 heterocycles. The van der Waals surface area contributed by atoms with E-state index in [1.165, 1.54) is 11.1 Å². The first-order chi connectivity index (χ1) is 8.43. The van der Waals surface area contributed by atoms with Gasteiger partial charge in [-0.1, -0.05) is 42.7 Å². The molecule has 1 amide bonds. The molecule has 2 atom stereocenters. The van der Waals surface area contributed by atoms with Gasteiger partial charge >= 0.3 is 0 Å². The molecule has 3 nitrogen and oxygen atoms in total. The molecule has 1 aromatic rings. The van der Waals surface area contributed by atoms with Crippen LogP contribution in [0.5, 0.6) is 0 Å². The molecule has 0 aromatic heterocycles. The average molecular weight is 285 g/mol. The summed E-state index contributed by atoms with van der Waals surface area (Å²) in [6.45, 7) is 8.15. The summed E-state index contributed by atoms with van der Waals surface area (Å²) in [5, 5.41) is 2.97. The lowest BCUT2D eigenvalue weighted by molar-refractivity contribution is -0.123. The van der Waals surface area contributed by atoms with Gasteiger partial charge in [0.15, 0.2) is 0 Å². The van der Waals surface area contributed by atoms with Crippen molar-refractivity contribution in [3.63, 3.8) is 0 Å². The summed E-state index contributed by atoms with van der Waals surface area (Å²) in [7, 11) is 0. The van der Waals surface area contributed by atoms with Gasteiger partial charge in [0.2, 0.25) is 5.91 Å². The number of rotatable bonds is 5. The van der Waals surface area contributed by atoms with Gasteiger partial charge in [0.1, 0.15) is 0 Å². The highest BCUT2D eigenvalue weighted by atomic mass is 35.5. The summed E-state index contributed by atoms with van der Waals surface area (Å²) in [4.78, 5) is 11.9. The van der Waals surface area contributed by atoms with E-state index < -0.39 is 6.04 Å². The number of amides is 1. The Hall–Kier alpha value is -1.06. The predicted octanol–water partition coefficient (Wildman–Crippen LogP) is 3.03. The first-order valence-corrected chi connectivity index (χ1v) is 6.58. The highest BCUT2D eigenvalue weighted by Gasteiger charge is 2.15. The molecule has 4 heteroatoms. The number of benzene rings is 1. The molecule has 0 aliphatic heterocycles. The van der Waals surface area contributed by atoms with Gasteiger partial charge < -0.3 is 11.1 Å². The van der Waals surface area contributed by atoms with Gasteiger partial charge in [0.25, 0.3) is 0 Å². The number of nitrogens with two attached hydrogens (primary N) is 1. The van der Waals surface area contributed by atoms with Crippen LogP contribution >= 0.6 is 12.4 Å². The Morgan fingerprint density at radius 2 is 1.79 bits per heavy atom. The van der Waals surface area contributed by atoms with E-state index in [0.717, 1.165) is 18.4 Å². The lowest BCUT2D eigenvalue weighted by Gasteiger charge is -2.18. The molecule has 0 bridgehead atoms. The Balaban J connectivity index is 0.00000324. The fraction of sp³-hybridized carbons (Fsp3) is 0.533. The second kappa shape index (κ2) is 8.18. The summed E-state index contributed by atoms with van der Waals surface area (Å²) in [5.74, 6) is -0.0662. The van der Waals surface area contributed by atoms with Crippen molar-refractivity contribution in [3.8, 4) is 0 Å². The lowest BCUT2D eigenvalue weighted by atomic mass is 10.0. The van der Waals surface area contributed by atoms with E-state index in [9.17, 15) is 4.79 Å². The second-order valence-corrected chi connectivity index (χ2v) is 5.05. The molecule has 2 unspecified atom stereocenters. The summed E-state index contributed by atoms with van der Waals surface area (Å²) in [6, 6.07) is 5.93. The second-order valence-electron chi connectivity index (χ2n) is 5.05. The van der Waals surface area contributed by atoms with Crippen molar-refractivity contribution in [1.82, 2.24) is 5.32 Å². The minimum absolute atomic E-state index is 0. The third kappa shape index (κ3) is 5.62. The minimum atomic E-state index is -0.400. The van der Waals surface area contributed by atoms with E-state index in [1.807, 2.05) is 13.8 Å². The zero-order valence-corrected chi connectivity index (χ0v) is 13.0. The third-order valence-corrected chi connectivity index (χ3v) is 3.04. The van der Waals surface area contributed by atoms with E-state index in [2.05, 4.69) is 37.4 Å². The van der Waals surface area contributed by atoms with Crippen LogP contribution in [0.3, 0.4) is 0 Å². The Kier molecular flexibility index (Phi) is 7.72. The maximum absolute atomic E-state index is 11.9. The average Bonchev–Trinajstić information content (AvgIpc) is 2.27. The Morgan fingerprint density at radius 3 is 2.26 bits per heavy atom. The Morgan fingerprint density at radius 1 is 1.26 bits per heavy atom. The molecule has 0 radical (unpaired) electrons. The van der Waals surface area contributed by atoms with E-state index in [-0.39, 0.29) is 24.4 Å². The van der Waals surface area contributed by atoms with Crippen LogP contribution in [0.4, 0.5) is 0 Å². The first-order valence-electron chi connectivity index (χ1n) is 6.58. The topological polar surface area (TPSA) is 55.1 Å². The fourth-order valence-electron chi connectivity index (χ4n) is 2.11. The number of halogens is 1. The molecule has 0 aliphatic carbocycles. The van der Waals surface area contributed by atoms with Crippen LogP contribution in [0, 0.1) is 13.8 Å². The maximum atomic E-state index is 11.9. The molecule has 0 fully saturated rings. The van der Waals surface area contributed by atoms with Gasteiger partial charge in [-0.25, -0.2) is 0 Å². The number of carbonyl (C=O) groups is 1. The largest absolute Gasteiger partial charge is 0.348 e. The van der Waals surface area contributed by atoms with Crippen molar-refractivity contribution >= 4 is 18.3 Å². The number of carbonyl (C=O) groups excluding carboxylic acids is 1. The van der Waals surface area contributed by atoms with Gasteiger partial charge in [-0.05, 0) is 32.8 Å². The zero-order chi connectivity index (χ0) is 13.7. The van der Waals surface area contributed by atoms with Crippen LogP contribution in [0.2, 0.25) is 0 Å². The zero-order valence-electron chi connectivity index (χ0n) is 12.2. The van der Waals surface area contributed by atoms with Crippen molar-refractivity contribution in [3.05, 3.63) is 34.9 Å². The van der Waals surface area contributed by atoms with Gasteiger partial charge in [-0.2, -0.15) is 0 Å². The van der Waals surface area contributed by atoms with Crippen molar-refractivity contribution in [2.75, 3.05) is 0 Å². The lowest BCUT2D eigenvalue weighted by Crippen LogP contribution is -2.41. The number of hydrogen-bond acceptors (Lipinski definition) is 2. The number of nitrogens with one attached hydrogen (secondary N) is 1. The monoisotopic (exact) mass is 284 g/mol. The molecule has 0 saturated heterocycles. The molecule has 0 aliphatic rings. The summed E-state index contributed by atoms with van der Waals surface area (Å²) in [6.07, 6.45) is 1.65. The quantitative estimate of drug-likeness (QED) is 0.873. The highest BCUT2D eigenvalue weighted by Crippen LogP contribution is 2.16. The molecule has 0 spiro atoms. The summed E-state index contributed by atoms with van der Waals surface area (Å²) >= 11 is 0. The summed E-state index contributed by atoms with van der Waals surface area (Å²) < 4.78 is 0. The van der Waals surface area contributed by atoms with Crippen molar-refractivity contribution < 1.29 is 4.79 Å². The van der Waals surface area contributed by atoms with Gasteiger partial charge in [-0.3, -0.25) is 4.79 Å². The Labute approximate surface area is 122 Å². The van der Waals surface area contributed by atoms with Crippen LogP contribution in [0.25, 0.3) is 0 Å². The van der Waals surface area contributed by atoms with Gasteiger partial charge in [0, 0.05) is 0 Å². The highest BCUT2D eigenvalue weighted by molar-refractivity contribution is 5.85. The van der Waals surface area contributed by atoms with Crippen LogP contribution in [0.15, 0.2) is 18.2 Å². The molecule has 1 rings (SSSR count). The van der Waals surface area contributed by atoms with E-state index in [0.29, 0.717) is 0 Å². The van der Waals surface area contributed by atoms with Crippen LogP contribution < -0.4 is 11.1 Å². The van der Waals surface area contributed by atoms with Crippen molar-refractivity contribution in [1.29, 1.82) is 0 Å². The first kappa shape index (κ1) is 17.9. The molecule has 1 aromatic carbocycles. The molecular formula is C15H25ClN2O. The molecular weight excluding hydrogens is 260 g/mol. The normalized spacial score (nSPS) is 13.3. The maximum Gasteiger partial charge on any atom is 0.237 e. The number of hydrogen-bond donors (Lipinski definition) is 2. The molecule has 3 N–H and O–H groups in total. The minimum Gasteiger partial charge on any atom is -0.348 e. The van der Waals surface area contributed by atoms with E-state index >= 15 is 0 Å². The SMILES string of the molecule is CCCC(N)C(=O)NC(C)c1cc(C)cc(C)c1.Cl. The van der Waals surface area contributed by atoms with E-state index in [4.69, 9.17) is 5.73 Å². The predicted molar refractivity (Wildman–Crippen MR) is 82.6 cm³/mol. The summed E-state index contributed by atoms with van der Waals surface area (Å²) in [5.41, 5.74) is 9.36. The standard InChI is InChI=1S/C15H24N2O.ClH/c1-5-6-14(16)15(18)17-12(4)13-8-10(2)7-11(3)9-13;/h7-9,12,14H,5-6,16H2,1-4H3,(H,17,18);1H. The number of aryl methyl sites for hydroxylation is 2. The fourth-order valence-corrected chi connectivity index (χ4v) is 2.11. The van der Waals surface area contributed by atoms with E-state index in [1.54, 1.807) is 0 Å².